The van der Waals surface area contributed by atoms with Gasteiger partial charge in [0, 0.05) is 28.6 Å². The van der Waals surface area contributed by atoms with E-state index in [9.17, 15) is 4.39 Å². The molecule has 1 unspecified atom stereocenters. The van der Waals surface area contributed by atoms with E-state index in [4.69, 9.17) is 11.6 Å². The number of hydrogen-bond donors (Lipinski definition) is 1. The van der Waals surface area contributed by atoms with Crippen molar-refractivity contribution in [3.8, 4) is 0 Å². The summed E-state index contributed by atoms with van der Waals surface area (Å²) in [7, 11) is 1.87. The van der Waals surface area contributed by atoms with Crippen LogP contribution in [0.1, 0.15) is 22.3 Å². The van der Waals surface area contributed by atoms with Gasteiger partial charge < -0.3 is 5.32 Å². The first-order valence-corrected chi connectivity index (χ1v) is 6.89. The number of hydrogen-bond acceptors (Lipinski definition) is 3. The summed E-state index contributed by atoms with van der Waals surface area (Å²) in [5.41, 5.74) is 1.92. The van der Waals surface area contributed by atoms with Crippen molar-refractivity contribution in [2.24, 2.45) is 0 Å². The highest BCUT2D eigenvalue weighted by molar-refractivity contribution is 7.09. The van der Waals surface area contributed by atoms with Crippen molar-refractivity contribution in [3.63, 3.8) is 0 Å². The monoisotopic (exact) mass is 284 g/mol. The van der Waals surface area contributed by atoms with Crippen LogP contribution in [0.15, 0.2) is 23.6 Å². The third kappa shape index (κ3) is 3.07. The Bertz CT molecular complexity index is 542. The SMILES string of the molecule is CNC(Cc1nc(C)cs1)c1ccc(F)cc1Cl. The van der Waals surface area contributed by atoms with Crippen LogP contribution in [0.5, 0.6) is 0 Å². The van der Waals surface area contributed by atoms with E-state index in [1.165, 1.54) is 12.1 Å². The lowest BCUT2D eigenvalue weighted by Crippen LogP contribution is -2.19. The standard InChI is InChI=1S/C13H14ClFN2S/c1-8-7-18-13(17-8)6-12(16-2)10-4-3-9(15)5-11(10)14/h3-5,7,12,16H,6H2,1-2H3. The minimum Gasteiger partial charge on any atom is -0.313 e. The lowest BCUT2D eigenvalue weighted by Gasteiger charge is -2.16. The zero-order valence-electron chi connectivity index (χ0n) is 10.2. The summed E-state index contributed by atoms with van der Waals surface area (Å²) in [5.74, 6) is -0.316. The number of nitrogens with zero attached hydrogens (tertiary/aromatic N) is 1. The lowest BCUT2D eigenvalue weighted by molar-refractivity contribution is 0.584. The van der Waals surface area contributed by atoms with Crippen LogP contribution in [0.2, 0.25) is 5.02 Å². The molecule has 1 aromatic carbocycles. The predicted molar refractivity (Wildman–Crippen MR) is 73.8 cm³/mol. The largest absolute Gasteiger partial charge is 0.313 e. The molecule has 0 radical (unpaired) electrons. The van der Waals surface area contributed by atoms with E-state index < -0.39 is 0 Å². The molecule has 2 nitrogen and oxygen atoms in total. The zero-order chi connectivity index (χ0) is 13.1. The van der Waals surface area contributed by atoms with Crippen molar-refractivity contribution in [2.75, 3.05) is 7.05 Å². The third-order valence-electron chi connectivity index (χ3n) is 2.73. The molecule has 0 saturated heterocycles. The second-order valence-electron chi connectivity index (χ2n) is 4.09. The Morgan fingerprint density at radius 2 is 2.28 bits per heavy atom. The summed E-state index contributed by atoms with van der Waals surface area (Å²) in [5, 5.41) is 6.71. The van der Waals surface area contributed by atoms with Crippen LogP contribution in [-0.2, 0) is 6.42 Å². The smallest absolute Gasteiger partial charge is 0.124 e. The van der Waals surface area contributed by atoms with Crippen LogP contribution < -0.4 is 5.32 Å². The molecule has 0 aliphatic rings. The molecule has 0 fully saturated rings. The first kappa shape index (κ1) is 13.5. The van der Waals surface area contributed by atoms with Gasteiger partial charge in [-0.05, 0) is 31.7 Å². The minimum absolute atomic E-state index is 0.0450. The molecule has 0 amide bonds. The first-order chi connectivity index (χ1) is 8.60. The van der Waals surface area contributed by atoms with Crippen LogP contribution in [0.25, 0.3) is 0 Å². The van der Waals surface area contributed by atoms with Crippen LogP contribution in [0, 0.1) is 12.7 Å². The highest BCUT2D eigenvalue weighted by Gasteiger charge is 2.15. The van der Waals surface area contributed by atoms with Gasteiger partial charge in [-0.3, -0.25) is 0 Å². The molecule has 96 valence electrons. The Morgan fingerprint density at radius 1 is 1.50 bits per heavy atom. The maximum Gasteiger partial charge on any atom is 0.124 e. The molecule has 0 aliphatic carbocycles. The van der Waals surface area contributed by atoms with E-state index in [1.807, 2.05) is 19.4 Å². The van der Waals surface area contributed by atoms with Crippen LogP contribution >= 0.6 is 22.9 Å². The second-order valence-corrected chi connectivity index (χ2v) is 5.44. The van der Waals surface area contributed by atoms with Gasteiger partial charge >= 0.3 is 0 Å². The van der Waals surface area contributed by atoms with E-state index in [2.05, 4.69) is 10.3 Å². The predicted octanol–water partition coefficient (Wildman–Crippen LogP) is 3.75. The molecule has 0 aliphatic heterocycles. The average Bonchev–Trinajstić information content (AvgIpc) is 2.72. The van der Waals surface area contributed by atoms with Gasteiger partial charge in [-0.1, -0.05) is 17.7 Å². The average molecular weight is 285 g/mol. The number of rotatable bonds is 4. The van der Waals surface area contributed by atoms with E-state index in [-0.39, 0.29) is 11.9 Å². The Labute approximate surface area is 115 Å². The number of benzene rings is 1. The fourth-order valence-electron chi connectivity index (χ4n) is 1.82. The van der Waals surface area contributed by atoms with Gasteiger partial charge in [0.05, 0.1) is 5.01 Å². The maximum atomic E-state index is 13.0. The van der Waals surface area contributed by atoms with E-state index in [0.29, 0.717) is 5.02 Å². The van der Waals surface area contributed by atoms with Crippen molar-refractivity contribution in [3.05, 3.63) is 50.7 Å². The van der Waals surface area contributed by atoms with Gasteiger partial charge in [-0.25, -0.2) is 9.37 Å². The number of aromatic nitrogens is 1. The summed E-state index contributed by atoms with van der Waals surface area (Å²) >= 11 is 7.71. The number of halogens is 2. The fourth-order valence-corrected chi connectivity index (χ4v) is 2.94. The molecule has 1 aromatic heterocycles. The minimum atomic E-state index is -0.316. The molecule has 0 spiro atoms. The molecular formula is C13H14ClFN2S. The summed E-state index contributed by atoms with van der Waals surface area (Å²) < 4.78 is 13.0. The fraction of sp³-hybridized carbons (Fsp3) is 0.308. The Balaban J connectivity index is 2.22. The van der Waals surface area contributed by atoms with Gasteiger partial charge in [0.1, 0.15) is 5.82 Å². The Kier molecular flexibility index (Phi) is 4.32. The zero-order valence-corrected chi connectivity index (χ0v) is 11.8. The van der Waals surface area contributed by atoms with Gasteiger partial charge in [-0.15, -0.1) is 11.3 Å². The highest BCUT2D eigenvalue weighted by atomic mass is 35.5. The topological polar surface area (TPSA) is 24.9 Å². The van der Waals surface area contributed by atoms with Crippen LogP contribution in [0.4, 0.5) is 4.39 Å². The molecule has 2 rings (SSSR count). The summed E-state index contributed by atoms with van der Waals surface area (Å²) in [6, 6.07) is 4.54. The van der Waals surface area contributed by atoms with Crippen molar-refractivity contribution in [2.45, 2.75) is 19.4 Å². The van der Waals surface area contributed by atoms with E-state index in [1.54, 1.807) is 17.4 Å². The van der Waals surface area contributed by atoms with Crippen molar-refractivity contribution in [1.82, 2.24) is 10.3 Å². The van der Waals surface area contributed by atoms with Gasteiger partial charge in [0.15, 0.2) is 0 Å². The highest BCUT2D eigenvalue weighted by Crippen LogP contribution is 2.27. The van der Waals surface area contributed by atoms with Crippen molar-refractivity contribution < 1.29 is 4.39 Å². The number of nitrogens with one attached hydrogen (secondary N) is 1. The molecule has 0 saturated carbocycles. The maximum absolute atomic E-state index is 13.0. The van der Waals surface area contributed by atoms with Crippen LogP contribution in [-0.4, -0.2) is 12.0 Å². The first-order valence-electron chi connectivity index (χ1n) is 5.63. The number of thiazole rings is 1. The number of aryl methyl sites for hydroxylation is 1. The molecular weight excluding hydrogens is 271 g/mol. The molecule has 5 heteroatoms. The molecule has 1 N–H and O–H groups in total. The lowest BCUT2D eigenvalue weighted by atomic mass is 10.0. The summed E-state index contributed by atoms with van der Waals surface area (Å²) in [4.78, 5) is 4.43. The molecule has 1 heterocycles. The van der Waals surface area contributed by atoms with Crippen LogP contribution in [0.3, 0.4) is 0 Å². The molecule has 1 atom stereocenters. The summed E-state index contributed by atoms with van der Waals surface area (Å²) in [6.45, 7) is 1.97. The second kappa shape index (κ2) is 5.78. The third-order valence-corrected chi connectivity index (χ3v) is 4.05. The number of likely N-dealkylation sites (N-methyl/N-ethyl adjacent to an activating group) is 1. The van der Waals surface area contributed by atoms with Gasteiger partial charge in [0.25, 0.3) is 0 Å². The Morgan fingerprint density at radius 3 is 2.83 bits per heavy atom. The normalized spacial score (nSPS) is 12.7. The van der Waals surface area contributed by atoms with E-state index in [0.717, 1.165) is 22.7 Å². The van der Waals surface area contributed by atoms with E-state index >= 15 is 0 Å². The van der Waals surface area contributed by atoms with Crippen molar-refractivity contribution >= 4 is 22.9 Å². The summed E-state index contributed by atoms with van der Waals surface area (Å²) in [6.07, 6.45) is 0.750. The molecule has 2 aromatic rings. The van der Waals surface area contributed by atoms with Crippen molar-refractivity contribution in [1.29, 1.82) is 0 Å². The quantitative estimate of drug-likeness (QED) is 0.925. The van der Waals surface area contributed by atoms with Gasteiger partial charge in [-0.2, -0.15) is 0 Å². The molecule has 0 bridgehead atoms. The van der Waals surface area contributed by atoms with Gasteiger partial charge in [0.2, 0.25) is 0 Å². The molecule has 18 heavy (non-hydrogen) atoms. The Hall–Kier alpha value is -0.970.